The number of nitrogens with one attached hydrogen (secondary N) is 1. The Kier molecular flexibility index (Phi) is 5.95. The molecule has 3 saturated carbocycles. The number of fused-ring (bicyclic) bond motifs is 1. The lowest BCUT2D eigenvalue weighted by atomic mass is 9.79. The van der Waals surface area contributed by atoms with Crippen molar-refractivity contribution in [3.63, 3.8) is 0 Å². The smallest absolute Gasteiger partial charge is 0.254 e. The quantitative estimate of drug-likeness (QED) is 0.675. The molecule has 3 aliphatic carbocycles. The Balaban J connectivity index is 1.13. The molecule has 5 rings (SSSR count). The molecule has 0 radical (unpaired) electrons. The molecular weight excluding hydrogens is 420 g/mol. The van der Waals surface area contributed by atoms with Gasteiger partial charge in [0.05, 0.1) is 12.0 Å². The van der Waals surface area contributed by atoms with E-state index < -0.39 is 23.9 Å². The summed E-state index contributed by atoms with van der Waals surface area (Å²) >= 11 is 0. The first-order chi connectivity index (χ1) is 15.2. The minimum absolute atomic E-state index is 0.00890. The minimum atomic E-state index is -1.23. The maximum atomic E-state index is 15.2. The maximum absolute atomic E-state index is 15.2. The second kappa shape index (κ2) is 8.47. The summed E-state index contributed by atoms with van der Waals surface area (Å²) in [4.78, 5) is 28.9. The Morgan fingerprint density at radius 3 is 2.56 bits per heavy atom. The molecule has 2 amide bonds. The predicted octanol–water partition coefficient (Wildman–Crippen LogP) is 1.53. The lowest BCUT2D eigenvalue weighted by Gasteiger charge is -2.43. The largest absolute Gasteiger partial charge is 0.380 e. The van der Waals surface area contributed by atoms with Crippen LogP contribution >= 0.6 is 0 Å². The molecule has 8 atom stereocenters. The van der Waals surface area contributed by atoms with Gasteiger partial charge in [-0.1, -0.05) is 0 Å². The van der Waals surface area contributed by atoms with Crippen LogP contribution in [-0.4, -0.2) is 88.7 Å². The number of nitrogens with zero attached hydrogens (tertiary/aromatic N) is 2. The van der Waals surface area contributed by atoms with Crippen LogP contribution in [0.15, 0.2) is 0 Å². The molecule has 2 aliphatic heterocycles. The number of carbonyl (C=O) groups is 2. The molecule has 180 valence electrons. The number of piperazine rings is 1. The molecule has 2 saturated heterocycles. The topological polar surface area (TPSA) is 82.1 Å². The average Bonchev–Trinajstić information content (AvgIpc) is 3.38. The summed E-state index contributed by atoms with van der Waals surface area (Å²) in [5, 5.41) is 13.6. The molecule has 0 aromatic heterocycles. The van der Waals surface area contributed by atoms with E-state index in [1.165, 1.54) is 0 Å². The van der Waals surface area contributed by atoms with Crippen molar-refractivity contribution in [2.45, 2.75) is 101 Å². The Morgan fingerprint density at radius 2 is 1.88 bits per heavy atom. The average molecular weight is 456 g/mol. The van der Waals surface area contributed by atoms with Gasteiger partial charge in [-0.15, -0.1) is 0 Å². The van der Waals surface area contributed by atoms with Crippen molar-refractivity contribution < 1.29 is 28.2 Å². The Labute approximate surface area is 187 Å². The van der Waals surface area contributed by atoms with Crippen molar-refractivity contribution in [3.8, 4) is 0 Å². The molecule has 0 aromatic rings. The van der Waals surface area contributed by atoms with Crippen molar-refractivity contribution >= 4 is 11.8 Å². The van der Waals surface area contributed by atoms with Crippen LogP contribution in [0.4, 0.5) is 8.78 Å². The van der Waals surface area contributed by atoms with Crippen LogP contribution in [-0.2, 0) is 14.3 Å². The molecule has 0 aromatic carbocycles. The van der Waals surface area contributed by atoms with Gasteiger partial charge < -0.3 is 19.6 Å². The van der Waals surface area contributed by atoms with Crippen molar-refractivity contribution in [1.82, 2.24) is 15.1 Å². The first-order valence-corrected chi connectivity index (χ1v) is 12.3. The van der Waals surface area contributed by atoms with E-state index in [0.29, 0.717) is 58.2 Å². The van der Waals surface area contributed by atoms with Gasteiger partial charge in [0, 0.05) is 44.1 Å². The van der Waals surface area contributed by atoms with Crippen molar-refractivity contribution in [1.29, 1.82) is 0 Å². The number of rotatable bonds is 3. The highest BCUT2D eigenvalue weighted by atomic mass is 19.1. The molecule has 7 unspecified atom stereocenters. The maximum Gasteiger partial charge on any atom is 0.254 e. The van der Waals surface area contributed by atoms with E-state index in [4.69, 9.17) is 4.74 Å². The third-order valence-corrected chi connectivity index (χ3v) is 8.31. The zero-order valence-corrected chi connectivity index (χ0v) is 18.7. The fraction of sp³-hybridized carbons (Fsp3) is 0.913. The summed E-state index contributed by atoms with van der Waals surface area (Å²) in [5.74, 6) is -1.09. The molecule has 2 heterocycles. The lowest BCUT2D eigenvalue weighted by molar-refractivity contribution is -0.153. The van der Waals surface area contributed by atoms with Crippen LogP contribution in [0.3, 0.4) is 0 Å². The summed E-state index contributed by atoms with van der Waals surface area (Å²) < 4.78 is 34.9. The number of aliphatic hydroxyl groups is 1. The van der Waals surface area contributed by atoms with Crippen LogP contribution in [0.2, 0.25) is 0 Å². The summed E-state index contributed by atoms with van der Waals surface area (Å²) in [6.07, 6.45) is 1.72. The molecule has 7 nitrogen and oxygen atoms in total. The van der Waals surface area contributed by atoms with E-state index in [-0.39, 0.29) is 48.6 Å². The highest BCUT2D eigenvalue weighted by Crippen LogP contribution is 2.40. The Bertz CT molecular complexity index is 751. The number of alkyl halides is 2. The predicted molar refractivity (Wildman–Crippen MR) is 112 cm³/mol. The van der Waals surface area contributed by atoms with Crippen molar-refractivity contribution in [3.05, 3.63) is 0 Å². The standard InChI is InChI=1S/C23H35F2N3O4/c1-13-12-27(8-9-28(13)22(30)23(31)6-7-23)21(29)16-4-2-14(10-17(16)25)20-26-18-5-3-15(24)11-19(18)32-20/h13-20,26,31H,2-12H2,1H3/t13-,14?,15?,16?,17?,18?,19?,20?/m0/s1. The second-order valence-corrected chi connectivity index (χ2v) is 10.6. The lowest BCUT2D eigenvalue weighted by Crippen LogP contribution is -2.59. The summed E-state index contributed by atoms with van der Waals surface area (Å²) in [6, 6.07) is -0.0448. The minimum Gasteiger partial charge on any atom is -0.380 e. The van der Waals surface area contributed by atoms with E-state index >= 15 is 4.39 Å². The first kappa shape index (κ1) is 22.5. The fourth-order valence-electron chi connectivity index (χ4n) is 6.10. The number of ether oxygens (including phenoxy) is 1. The van der Waals surface area contributed by atoms with E-state index in [1.807, 2.05) is 6.92 Å². The summed E-state index contributed by atoms with van der Waals surface area (Å²) in [7, 11) is 0. The van der Waals surface area contributed by atoms with Gasteiger partial charge in [0.25, 0.3) is 5.91 Å². The number of halogens is 2. The highest BCUT2D eigenvalue weighted by molar-refractivity contribution is 5.88. The summed E-state index contributed by atoms with van der Waals surface area (Å²) in [5.41, 5.74) is -1.21. The molecule has 5 aliphatic rings. The van der Waals surface area contributed by atoms with Crippen LogP contribution in [0.25, 0.3) is 0 Å². The van der Waals surface area contributed by atoms with Gasteiger partial charge in [-0.05, 0) is 51.9 Å². The van der Waals surface area contributed by atoms with Gasteiger partial charge in [0.1, 0.15) is 24.2 Å². The Hall–Kier alpha value is -1.32. The van der Waals surface area contributed by atoms with Crippen molar-refractivity contribution in [2.75, 3.05) is 19.6 Å². The van der Waals surface area contributed by atoms with E-state index in [9.17, 15) is 19.1 Å². The Morgan fingerprint density at radius 1 is 1.09 bits per heavy atom. The monoisotopic (exact) mass is 455 g/mol. The molecule has 0 spiro atoms. The third kappa shape index (κ3) is 4.16. The molecule has 5 fully saturated rings. The molecule has 2 N–H and O–H groups in total. The SMILES string of the molecule is C[C@H]1CN(C(=O)C2CCC(C3NC4CCC(F)CC4O3)CC2F)CCN1C(=O)C1(O)CC1. The van der Waals surface area contributed by atoms with E-state index in [1.54, 1.807) is 9.80 Å². The van der Waals surface area contributed by atoms with Gasteiger partial charge >= 0.3 is 0 Å². The first-order valence-electron chi connectivity index (χ1n) is 12.3. The van der Waals surface area contributed by atoms with Crippen LogP contribution in [0.1, 0.15) is 58.3 Å². The number of carbonyl (C=O) groups excluding carboxylic acids is 2. The normalized spacial score (nSPS) is 43.6. The molecule has 32 heavy (non-hydrogen) atoms. The fourth-order valence-corrected chi connectivity index (χ4v) is 6.10. The molecule has 9 heteroatoms. The third-order valence-electron chi connectivity index (χ3n) is 8.31. The summed E-state index contributed by atoms with van der Waals surface area (Å²) in [6.45, 7) is 2.99. The van der Waals surface area contributed by atoms with Gasteiger partial charge in [-0.25, -0.2) is 8.78 Å². The van der Waals surface area contributed by atoms with Gasteiger partial charge in [0.15, 0.2) is 0 Å². The van der Waals surface area contributed by atoms with E-state index in [0.717, 1.165) is 6.42 Å². The highest BCUT2D eigenvalue weighted by Gasteiger charge is 2.52. The molecular formula is C23H35F2N3O4. The molecule has 0 bridgehead atoms. The van der Waals surface area contributed by atoms with Gasteiger partial charge in [-0.2, -0.15) is 0 Å². The number of hydrogen-bond donors (Lipinski definition) is 2. The van der Waals surface area contributed by atoms with Gasteiger partial charge in [-0.3, -0.25) is 14.9 Å². The van der Waals surface area contributed by atoms with Crippen LogP contribution in [0, 0.1) is 11.8 Å². The van der Waals surface area contributed by atoms with Crippen LogP contribution in [0.5, 0.6) is 0 Å². The number of amides is 2. The second-order valence-electron chi connectivity index (χ2n) is 10.6. The zero-order chi connectivity index (χ0) is 22.6. The van der Waals surface area contributed by atoms with Crippen LogP contribution < -0.4 is 5.32 Å². The van der Waals surface area contributed by atoms with Crippen molar-refractivity contribution in [2.24, 2.45) is 11.8 Å². The zero-order valence-electron chi connectivity index (χ0n) is 18.7. The number of hydrogen-bond acceptors (Lipinski definition) is 5. The van der Waals surface area contributed by atoms with E-state index in [2.05, 4.69) is 5.32 Å². The van der Waals surface area contributed by atoms with Gasteiger partial charge in [0.2, 0.25) is 5.91 Å².